The van der Waals surface area contributed by atoms with Gasteiger partial charge in [0.25, 0.3) is 0 Å². The number of amides is 1. The molecule has 0 aliphatic heterocycles. The van der Waals surface area contributed by atoms with Crippen molar-refractivity contribution in [3.05, 3.63) is 29.6 Å². The van der Waals surface area contributed by atoms with E-state index >= 15 is 0 Å². The minimum absolute atomic E-state index is 0.0431. The Labute approximate surface area is 119 Å². The lowest BCUT2D eigenvalue weighted by molar-refractivity contribution is -0.130. The molecular formula is C15H23FN2O2. The number of halogens is 1. The Bertz CT molecular complexity index is 451. The lowest BCUT2D eigenvalue weighted by Gasteiger charge is -2.18. The first kappa shape index (κ1) is 16.4. The molecule has 0 saturated carbocycles. The van der Waals surface area contributed by atoms with Gasteiger partial charge in [0.1, 0.15) is 0 Å². The summed E-state index contributed by atoms with van der Waals surface area (Å²) in [6, 6.07) is 4.72. The third-order valence-electron chi connectivity index (χ3n) is 3.32. The minimum Gasteiger partial charge on any atom is -0.494 e. The summed E-state index contributed by atoms with van der Waals surface area (Å²) in [5.74, 6) is 0.175. The first-order valence-corrected chi connectivity index (χ1v) is 6.74. The monoisotopic (exact) mass is 282 g/mol. The van der Waals surface area contributed by atoms with E-state index in [1.54, 1.807) is 24.1 Å². The zero-order valence-electron chi connectivity index (χ0n) is 12.4. The summed E-state index contributed by atoms with van der Waals surface area (Å²) in [4.78, 5) is 13.5. The van der Waals surface area contributed by atoms with Gasteiger partial charge in [-0.3, -0.25) is 4.79 Å². The second-order valence-corrected chi connectivity index (χ2v) is 5.10. The van der Waals surface area contributed by atoms with Gasteiger partial charge in [-0.25, -0.2) is 4.39 Å². The van der Waals surface area contributed by atoms with E-state index in [1.165, 1.54) is 13.2 Å². The van der Waals surface area contributed by atoms with E-state index in [-0.39, 0.29) is 11.7 Å². The molecule has 0 bridgehead atoms. The van der Waals surface area contributed by atoms with Crippen LogP contribution in [-0.4, -0.2) is 31.5 Å². The minimum atomic E-state index is -0.414. The second-order valence-electron chi connectivity index (χ2n) is 5.10. The third kappa shape index (κ3) is 4.81. The van der Waals surface area contributed by atoms with Crippen molar-refractivity contribution in [1.82, 2.24) is 4.90 Å². The molecule has 1 rings (SSSR count). The normalized spacial score (nSPS) is 12.1. The highest BCUT2D eigenvalue weighted by Gasteiger charge is 2.12. The number of nitrogens with two attached hydrogens (primary N) is 1. The topological polar surface area (TPSA) is 55.6 Å². The molecule has 0 radical (unpaired) electrons. The van der Waals surface area contributed by atoms with Crippen molar-refractivity contribution in [1.29, 1.82) is 0 Å². The number of carbonyl (C=O) groups is 1. The van der Waals surface area contributed by atoms with Gasteiger partial charge in [0.05, 0.1) is 7.11 Å². The van der Waals surface area contributed by atoms with Gasteiger partial charge in [-0.1, -0.05) is 13.0 Å². The average Bonchev–Trinajstić information content (AvgIpc) is 2.44. The Kier molecular flexibility index (Phi) is 6.45. The average molecular weight is 282 g/mol. The Balaban J connectivity index is 2.55. The number of ether oxygens (including phenoxy) is 1. The number of benzene rings is 1. The Morgan fingerprint density at radius 1 is 1.50 bits per heavy atom. The smallest absolute Gasteiger partial charge is 0.222 e. The van der Waals surface area contributed by atoms with Gasteiger partial charge >= 0.3 is 0 Å². The van der Waals surface area contributed by atoms with Crippen LogP contribution in [0.5, 0.6) is 5.75 Å². The quantitative estimate of drug-likeness (QED) is 0.834. The van der Waals surface area contributed by atoms with Crippen molar-refractivity contribution in [2.24, 2.45) is 11.7 Å². The highest BCUT2D eigenvalue weighted by atomic mass is 19.1. The van der Waals surface area contributed by atoms with Gasteiger partial charge in [-0.15, -0.1) is 0 Å². The van der Waals surface area contributed by atoms with E-state index < -0.39 is 5.82 Å². The molecule has 5 heteroatoms. The predicted octanol–water partition coefficient (Wildman–Crippen LogP) is 2.17. The summed E-state index contributed by atoms with van der Waals surface area (Å²) in [7, 11) is 3.14. The molecule has 0 aromatic heterocycles. The Morgan fingerprint density at radius 3 is 2.75 bits per heavy atom. The first-order chi connectivity index (χ1) is 9.47. The Hall–Kier alpha value is -1.62. The molecule has 1 aromatic carbocycles. The van der Waals surface area contributed by atoms with E-state index in [0.29, 0.717) is 25.4 Å². The fraction of sp³-hybridized carbons (Fsp3) is 0.533. The van der Waals surface area contributed by atoms with Gasteiger partial charge < -0.3 is 15.4 Å². The molecular weight excluding hydrogens is 259 g/mol. The lowest BCUT2D eigenvalue weighted by atomic mass is 10.1. The summed E-state index contributed by atoms with van der Waals surface area (Å²) in [5, 5.41) is 0. The standard InChI is InChI=1S/C15H23FN2O2/c1-11(9-17)4-7-15(19)18(2)10-12-5-6-14(20-3)13(16)8-12/h5-6,8,11H,4,7,9-10,17H2,1-3H3. The summed E-state index contributed by atoms with van der Waals surface area (Å²) >= 11 is 0. The van der Waals surface area contributed by atoms with Crippen molar-refractivity contribution in [3.63, 3.8) is 0 Å². The fourth-order valence-corrected chi connectivity index (χ4v) is 1.85. The molecule has 4 nitrogen and oxygen atoms in total. The van der Waals surface area contributed by atoms with Crippen molar-refractivity contribution in [3.8, 4) is 5.75 Å². The van der Waals surface area contributed by atoms with Crippen LogP contribution in [0.4, 0.5) is 4.39 Å². The van der Waals surface area contributed by atoms with Crippen LogP contribution in [0, 0.1) is 11.7 Å². The maximum Gasteiger partial charge on any atom is 0.222 e. The number of carbonyl (C=O) groups excluding carboxylic acids is 1. The summed E-state index contributed by atoms with van der Waals surface area (Å²) in [5.41, 5.74) is 6.27. The second kappa shape index (κ2) is 7.85. The van der Waals surface area contributed by atoms with E-state index in [2.05, 4.69) is 0 Å². The molecule has 2 N–H and O–H groups in total. The summed E-state index contributed by atoms with van der Waals surface area (Å²) < 4.78 is 18.4. The highest BCUT2D eigenvalue weighted by molar-refractivity contribution is 5.75. The van der Waals surface area contributed by atoms with Gasteiger partial charge in [0.15, 0.2) is 11.6 Å². The zero-order chi connectivity index (χ0) is 15.1. The lowest BCUT2D eigenvalue weighted by Crippen LogP contribution is -2.27. The number of nitrogens with zero attached hydrogens (tertiary/aromatic N) is 1. The fourth-order valence-electron chi connectivity index (χ4n) is 1.85. The van der Waals surface area contributed by atoms with Crippen molar-refractivity contribution in [2.45, 2.75) is 26.3 Å². The third-order valence-corrected chi connectivity index (χ3v) is 3.32. The van der Waals surface area contributed by atoms with Gasteiger partial charge in [0, 0.05) is 20.0 Å². The SMILES string of the molecule is COc1ccc(CN(C)C(=O)CCC(C)CN)cc1F. The van der Waals surface area contributed by atoms with Crippen LogP contribution in [0.3, 0.4) is 0 Å². The van der Waals surface area contributed by atoms with Gasteiger partial charge in [-0.05, 0) is 36.6 Å². The maximum atomic E-state index is 13.6. The molecule has 0 heterocycles. The number of hydrogen-bond donors (Lipinski definition) is 1. The molecule has 112 valence electrons. The number of rotatable bonds is 7. The molecule has 1 unspecified atom stereocenters. The number of hydrogen-bond acceptors (Lipinski definition) is 3. The molecule has 1 amide bonds. The highest BCUT2D eigenvalue weighted by Crippen LogP contribution is 2.18. The molecule has 0 aliphatic carbocycles. The van der Waals surface area contributed by atoms with Crippen LogP contribution in [0.25, 0.3) is 0 Å². The van der Waals surface area contributed by atoms with Gasteiger partial charge in [-0.2, -0.15) is 0 Å². The van der Waals surface area contributed by atoms with Crippen molar-refractivity contribution in [2.75, 3.05) is 20.7 Å². The van der Waals surface area contributed by atoms with E-state index in [4.69, 9.17) is 10.5 Å². The van der Waals surface area contributed by atoms with Crippen LogP contribution in [0.15, 0.2) is 18.2 Å². The van der Waals surface area contributed by atoms with Crippen LogP contribution >= 0.6 is 0 Å². The molecule has 0 aliphatic rings. The maximum absolute atomic E-state index is 13.6. The molecule has 0 saturated heterocycles. The van der Waals surface area contributed by atoms with E-state index in [1.807, 2.05) is 6.92 Å². The zero-order valence-corrected chi connectivity index (χ0v) is 12.4. The summed E-state index contributed by atoms with van der Waals surface area (Å²) in [6.45, 7) is 2.99. The van der Waals surface area contributed by atoms with Gasteiger partial charge in [0.2, 0.25) is 5.91 Å². The van der Waals surface area contributed by atoms with E-state index in [9.17, 15) is 9.18 Å². The molecule has 1 aromatic rings. The van der Waals surface area contributed by atoms with Crippen LogP contribution < -0.4 is 10.5 Å². The predicted molar refractivity (Wildman–Crippen MR) is 76.9 cm³/mol. The molecule has 20 heavy (non-hydrogen) atoms. The largest absolute Gasteiger partial charge is 0.494 e. The van der Waals surface area contributed by atoms with Crippen molar-refractivity contribution < 1.29 is 13.9 Å². The van der Waals surface area contributed by atoms with E-state index in [0.717, 1.165) is 12.0 Å². The molecule has 0 fully saturated rings. The van der Waals surface area contributed by atoms with Crippen LogP contribution in [0.1, 0.15) is 25.3 Å². The summed E-state index contributed by atoms with van der Waals surface area (Å²) in [6.07, 6.45) is 1.24. The first-order valence-electron chi connectivity index (χ1n) is 6.74. The molecule has 1 atom stereocenters. The molecule has 0 spiro atoms. The Morgan fingerprint density at radius 2 is 2.20 bits per heavy atom. The van der Waals surface area contributed by atoms with Crippen LogP contribution in [-0.2, 0) is 11.3 Å². The van der Waals surface area contributed by atoms with Crippen LogP contribution in [0.2, 0.25) is 0 Å². The van der Waals surface area contributed by atoms with Crippen molar-refractivity contribution >= 4 is 5.91 Å². The number of methoxy groups -OCH3 is 1.